The Labute approximate surface area is 152 Å². The fourth-order valence-electron chi connectivity index (χ4n) is 1.14. The summed E-state index contributed by atoms with van der Waals surface area (Å²) in [7, 11) is 4.78. The summed E-state index contributed by atoms with van der Waals surface area (Å²) in [6, 6.07) is 17.5. The van der Waals surface area contributed by atoms with Crippen molar-refractivity contribution in [3.63, 3.8) is 0 Å². The van der Waals surface area contributed by atoms with Crippen LogP contribution in [-0.4, -0.2) is 51.0 Å². The average molecular weight is 368 g/mol. The predicted molar refractivity (Wildman–Crippen MR) is 95.1 cm³/mol. The van der Waals surface area contributed by atoms with Gasteiger partial charge in [0.05, 0.1) is 21.3 Å². The maximum atomic E-state index is 10.5. The molecule has 8 nitrogen and oxygen atoms in total. The van der Waals surface area contributed by atoms with E-state index in [2.05, 4.69) is 14.2 Å². The number of para-hydroxylation sites is 2. The fourth-order valence-corrected chi connectivity index (χ4v) is 1.14. The van der Waals surface area contributed by atoms with Crippen molar-refractivity contribution in [1.29, 1.82) is 0 Å². The Morgan fingerprint density at radius 1 is 0.692 bits per heavy atom. The lowest BCUT2D eigenvalue weighted by Gasteiger charge is -1.99. The van der Waals surface area contributed by atoms with E-state index < -0.39 is 12.3 Å². The van der Waals surface area contributed by atoms with Gasteiger partial charge >= 0.3 is 12.3 Å². The second-order valence-electron chi connectivity index (χ2n) is 3.86. The maximum absolute atomic E-state index is 10.5. The van der Waals surface area contributed by atoms with Crippen molar-refractivity contribution in [3.05, 3.63) is 60.7 Å². The molecule has 0 saturated heterocycles. The van der Waals surface area contributed by atoms with E-state index in [9.17, 15) is 9.59 Å². The van der Waals surface area contributed by atoms with Crippen molar-refractivity contribution in [3.8, 4) is 11.5 Å². The Morgan fingerprint density at radius 3 is 1.35 bits per heavy atom. The van der Waals surface area contributed by atoms with Crippen LogP contribution in [0.15, 0.2) is 60.7 Å². The number of ether oxygens (including phenoxy) is 4. The number of phenols is 1. The topological polar surface area (TPSA) is 112 Å². The Hall–Kier alpha value is -3.26. The highest BCUT2D eigenvalue weighted by Crippen LogP contribution is 2.08. The number of phenolic OH excluding ortho intramolecular Hbond substituents is 1. The van der Waals surface area contributed by atoms with Gasteiger partial charge in [0.15, 0.2) is 0 Å². The number of aromatic hydroxyl groups is 1. The van der Waals surface area contributed by atoms with E-state index in [0.29, 0.717) is 11.5 Å². The van der Waals surface area contributed by atoms with Gasteiger partial charge in [0.25, 0.3) is 0 Å². The molecule has 0 unspecified atom stereocenters. The highest BCUT2D eigenvalue weighted by atomic mass is 16.7. The van der Waals surface area contributed by atoms with Crippen molar-refractivity contribution in [1.82, 2.24) is 0 Å². The molecule has 0 aromatic heterocycles. The van der Waals surface area contributed by atoms with Crippen molar-refractivity contribution in [2.75, 3.05) is 28.4 Å². The van der Waals surface area contributed by atoms with Gasteiger partial charge < -0.3 is 29.2 Å². The number of hydrogen-bond acceptors (Lipinski definition) is 8. The van der Waals surface area contributed by atoms with Gasteiger partial charge in [-0.15, -0.1) is 0 Å². The molecule has 0 radical (unpaired) electrons. The third-order valence-electron chi connectivity index (χ3n) is 2.20. The van der Waals surface area contributed by atoms with Gasteiger partial charge in [-0.25, -0.2) is 9.59 Å². The zero-order valence-electron chi connectivity index (χ0n) is 15.1. The zero-order valence-corrected chi connectivity index (χ0v) is 15.1. The number of aliphatic hydroxyl groups is 1. The zero-order chi connectivity index (χ0) is 20.2. The molecule has 144 valence electrons. The summed E-state index contributed by atoms with van der Waals surface area (Å²) < 4.78 is 17.1. The van der Waals surface area contributed by atoms with Gasteiger partial charge in [-0.05, 0) is 24.3 Å². The van der Waals surface area contributed by atoms with E-state index in [0.717, 1.165) is 7.11 Å². The van der Waals surface area contributed by atoms with Gasteiger partial charge in [-0.1, -0.05) is 36.4 Å². The van der Waals surface area contributed by atoms with E-state index in [4.69, 9.17) is 14.9 Å². The van der Waals surface area contributed by atoms with Gasteiger partial charge in [-0.2, -0.15) is 0 Å². The molecule has 0 aliphatic rings. The summed E-state index contributed by atoms with van der Waals surface area (Å²) in [6.45, 7) is 0. The van der Waals surface area contributed by atoms with Crippen LogP contribution in [0, 0.1) is 0 Å². The maximum Gasteiger partial charge on any atom is 0.513 e. The Bertz CT molecular complexity index is 566. The first-order chi connectivity index (χ1) is 12.5. The number of carbonyl (C=O) groups excluding carboxylic acids is 2. The minimum Gasteiger partial charge on any atom is -0.508 e. The molecule has 2 N–H and O–H groups in total. The van der Waals surface area contributed by atoms with Crippen molar-refractivity contribution >= 4 is 12.3 Å². The molecular formula is C18H24O8. The van der Waals surface area contributed by atoms with Crippen LogP contribution >= 0.6 is 0 Å². The molecule has 2 aromatic carbocycles. The molecule has 8 heteroatoms. The summed E-state index contributed by atoms with van der Waals surface area (Å²) in [5, 5.41) is 15.6. The second kappa shape index (κ2) is 18.1. The fraction of sp³-hybridized carbons (Fsp3) is 0.222. The normalized spacial score (nSPS) is 7.88. The van der Waals surface area contributed by atoms with Crippen LogP contribution in [0.3, 0.4) is 0 Å². The summed E-state index contributed by atoms with van der Waals surface area (Å²) in [6.07, 6.45) is -1.36. The third-order valence-corrected chi connectivity index (χ3v) is 2.20. The molecule has 0 bridgehead atoms. The third kappa shape index (κ3) is 15.6. The van der Waals surface area contributed by atoms with Crippen LogP contribution in [0.25, 0.3) is 0 Å². The SMILES string of the molecule is CO.COC(=O)OC.COC(=O)Oc1ccccc1.Oc1ccccc1. The smallest absolute Gasteiger partial charge is 0.508 e. The van der Waals surface area contributed by atoms with Crippen molar-refractivity contribution in [2.24, 2.45) is 0 Å². The summed E-state index contributed by atoms with van der Waals surface area (Å²) in [4.78, 5) is 20.3. The van der Waals surface area contributed by atoms with E-state index in [1.807, 2.05) is 12.1 Å². The molecule has 0 aliphatic carbocycles. The van der Waals surface area contributed by atoms with Crippen LogP contribution < -0.4 is 4.74 Å². The molecule has 26 heavy (non-hydrogen) atoms. The number of carbonyl (C=O) groups is 2. The Kier molecular flexibility index (Phi) is 17.4. The van der Waals surface area contributed by atoms with E-state index >= 15 is 0 Å². The minimum atomic E-state index is -0.698. The molecule has 0 heterocycles. The first kappa shape index (κ1) is 25.0. The van der Waals surface area contributed by atoms with Crippen molar-refractivity contribution in [2.45, 2.75) is 0 Å². The van der Waals surface area contributed by atoms with Crippen LogP contribution in [0.4, 0.5) is 9.59 Å². The lowest BCUT2D eigenvalue weighted by atomic mass is 10.3. The standard InChI is InChI=1S/C8H8O3.C6H6O.C3H6O3.CH4O/c1-10-8(9)11-7-5-3-2-4-6-7;7-6-4-2-1-3-5-6;1-5-3(4)6-2;1-2/h2-6H,1H3;1-5,7H;1-2H3;2H,1H3. The highest BCUT2D eigenvalue weighted by Gasteiger charge is 2.00. The number of hydrogen-bond donors (Lipinski definition) is 2. The van der Waals surface area contributed by atoms with Crippen LogP contribution in [0.2, 0.25) is 0 Å². The van der Waals surface area contributed by atoms with Gasteiger partial charge in [0, 0.05) is 7.11 Å². The number of aliphatic hydroxyl groups excluding tert-OH is 1. The average Bonchev–Trinajstić information content (AvgIpc) is 2.71. The molecule has 0 aliphatic heterocycles. The van der Waals surface area contributed by atoms with Crippen LogP contribution in [0.1, 0.15) is 0 Å². The number of benzene rings is 2. The Morgan fingerprint density at radius 2 is 1.08 bits per heavy atom. The monoisotopic (exact) mass is 368 g/mol. The molecule has 0 amide bonds. The lowest BCUT2D eigenvalue weighted by molar-refractivity contribution is 0.0924. The molecular weight excluding hydrogens is 344 g/mol. The number of methoxy groups -OCH3 is 3. The van der Waals surface area contributed by atoms with E-state index in [1.54, 1.807) is 48.5 Å². The highest BCUT2D eigenvalue weighted by molar-refractivity contribution is 5.63. The van der Waals surface area contributed by atoms with E-state index in [1.165, 1.54) is 21.3 Å². The molecule has 2 rings (SSSR count). The first-order valence-electron chi connectivity index (χ1n) is 7.15. The van der Waals surface area contributed by atoms with Crippen LogP contribution in [-0.2, 0) is 14.2 Å². The summed E-state index contributed by atoms with van der Waals surface area (Å²) >= 11 is 0. The molecule has 0 saturated carbocycles. The largest absolute Gasteiger partial charge is 0.513 e. The first-order valence-corrected chi connectivity index (χ1v) is 7.15. The van der Waals surface area contributed by atoms with Gasteiger partial charge in [0.2, 0.25) is 0 Å². The van der Waals surface area contributed by atoms with Crippen LogP contribution in [0.5, 0.6) is 11.5 Å². The van der Waals surface area contributed by atoms with E-state index in [-0.39, 0.29) is 0 Å². The number of rotatable bonds is 1. The minimum absolute atomic E-state index is 0.322. The van der Waals surface area contributed by atoms with Crippen molar-refractivity contribution < 1.29 is 38.7 Å². The van der Waals surface area contributed by atoms with Gasteiger partial charge in [-0.3, -0.25) is 0 Å². The molecule has 0 atom stereocenters. The molecule has 0 fully saturated rings. The second-order valence-corrected chi connectivity index (χ2v) is 3.86. The molecule has 2 aromatic rings. The quantitative estimate of drug-likeness (QED) is 0.583. The lowest BCUT2D eigenvalue weighted by Crippen LogP contribution is -2.06. The summed E-state index contributed by atoms with van der Waals surface area (Å²) in [5.41, 5.74) is 0. The Balaban J connectivity index is 0. The van der Waals surface area contributed by atoms with Gasteiger partial charge in [0.1, 0.15) is 11.5 Å². The summed E-state index contributed by atoms with van der Waals surface area (Å²) in [5.74, 6) is 0.807. The molecule has 0 spiro atoms. The predicted octanol–water partition coefficient (Wildman–Crippen LogP) is 3.23.